The highest BCUT2D eigenvalue weighted by atomic mass is 16.1. The number of nitrogens with one attached hydrogen (secondary N) is 1. The van der Waals surface area contributed by atoms with Crippen LogP contribution in [0, 0.1) is 19.8 Å². The van der Waals surface area contributed by atoms with E-state index in [1.807, 2.05) is 48.9 Å². The van der Waals surface area contributed by atoms with Crippen LogP contribution in [-0.4, -0.2) is 22.2 Å². The lowest BCUT2D eigenvalue weighted by atomic mass is 10.1. The molecule has 0 saturated heterocycles. The lowest BCUT2D eigenvalue weighted by molar-refractivity contribution is -0.120. The third-order valence-corrected chi connectivity index (χ3v) is 3.82. The molecule has 22 heavy (non-hydrogen) atoms. The van der Waals surface area contributed by atoms with Crippen molar-refractivity contribution in [1.82, 2.24) is 15.1 Å². The Morgan fingerprint density at radius 1 is 1.23 bits per heavy atom. The van der Waals surface area contributed by atoms with Crippen molar-refractivity contribution in [2.45, 2.75) is 40.5 Å². The maximum absolute atomic E-state index is 12.1. The second kappa shape index (κ2) is 7.25. The van der Waals surface area contributed by atoms with E-state index in [1.165, 1.54) is 0 Å². The summed E-state index contributed by atoms with van der Waals surface area (Å²) in [6, 6.07) is 10.0. The Labute approximate surface area is 132 Å². The van der Waals surface area contributed by atoms with Crippen LogP contribution in [0.4, 0.5) is 0 Å². The van der Waals surface area contributed by atoms with E-state index in [9.17, 15) is 4.79 Å². The van der Waals surface area contributed by atoms with Gasteiger partial charge in [-0.25, -0.2) is 4.68 Å². The molecule has 0 radical (unpaired) electrons. The van der Waals surface area contributed by atoms with Crippen LogP contribution >= 0.6 is 0 Å². The van der Waals surface area contributed by atoms with Gasteiger partial charge < -0.3 is 5.32 Å². The lowest BCUT2D eigenvalue weighted by Crippen LogP contribution is -2.27. The van der Waals surface area contributed by atoms with Crippen molar-refractivity contribution in [3.05, 3.63) is 47.3 Å². The molecule has 0 bridgehead atoms. The Balaban J connectivity index is 2.09. The number of carbonyl (C=O) groups is 1. The number of rotatable bonds is 6. The van der Waals surface area contributed by atoms with Crippen molar-refractivity contribution in [2.24, 2.45) is 5.92 Å². The predicted octanol–water partition coefficient (Wildman–Crippen LogP) is 3.19. The highest BCUT2D eigenvalue weighted by Crippen LogP contribution is 2.18. The quantitative estimate of drug-likeness (QED) is 0.890. The normalized spacial score (nSPS) is 11.0. The van der Waals surface area contributed by atoms with E-state index in [4.69, 9.17) is 0 Å². The van der Waals surface area contributed by atoms with Crippen molar-refractivity contribution in [1.29, 1.82) is 0 Å². The second-order valence-electron chi connectivity index (χ2n) is 6.11. The van der Waals surface area contributed by atoms with Crippen LogP contribution in [0.1, 0.15) is 37.2 Å². The smallest absolute Gasteiger partial charge is 0.224 e. The molecule has 1 heterocycles. The van der Waals surface area contributed by atoms with Crippen LogP contribution in [0.2, 0.25) is 0 Å². The lowest BCUT2D eigenvalue weighted by Gasteiger charge is -2.08. The SMILES string of the molecule is Cc1nn(-c2ccccc2)c(C)c1CC(=O)NCCC(C)C. The van der Waals surface area contributed by atoms with E-state index in [1.54, 1.807) is 0 Å². The van der Waals surface area contributed by atoms with Crippen LogP contribution in [-0.2, 0) is 11.2 Å². The zero-order valence-corrected chi connectivity index (χ0v) is 13.9. The first-order chi connectivity index (χ1) is 10.5. The number of nitrogens with zero attached hydrogens (tertiary/aromatic N) is 2. The fourth-order valence-electron chi connectivity index (χ4n) is 2.47. The second-order valence-corrected chi connectivity index (χ2v) is 6.11. The minimum atomic E-state index is 0.0689. The predicted molar refractivity (Wildman–Crippen MR) is 89.2 cm³/mol. The zero-order chi connectivity index (χ0) is 16.1. The number of aromatic nitrogens is 2. The van der Waals surface area contributed by atoms with Crippen molar-refractivity contribution in [3.8, 4) is 5.69 Å². The molecular weight excluding hydrogens is 274 g/mol. The van der Waals surface area contributed by atoms with Gasteiger partial charge in [0.1, 0.15) is 0 Å². The molecule has 0 atom stereocenters. The summed E-state index contributed by atoms with van der Waals surface area (Å²) >= 11 is 0. The molecule has 1 aromatic heterocycles. The summed E-state index contributed by atoms with van der Waals surface area (Å²) in [5.74, 6) is 0.670. The molecule has 0 aliphatic heterocycles. The summed E-state index contributed by atoms with van der Waals surface area (Å²) < 4.78 is 1.91. The van der Waals surface area contributed by atoms with Gasteiger partial charge in [0.2, 0.25) is 5.91 Å². The molecule has 0 spiro atoms. The topological polar surface area (TPSA) is 46.9 Å². The van der Waals surface area contributed by atoms with E-state index >= 15 is 0 Å². The van der Waals surface area contributed by atoms with E-state index in [0.29, 0.717) is 12.3 Å². The Hall–Kier alpha value is -2.10. The molecule has 1 aromatic carbocycles. The fraction of sp³-hybridized carbons (Fsp3) is 0.444. The van der Waals surface area contributed by atoms with Gasteiger partial charge >= 0.3 is 0 Å². The molecule has 1 amide bonds. The number of hydrogen-bond donors (Lipinski definition) is 1. The summed E-state index contributed by atoms with van der Waals surface area (Å²) in [6.45, 7) is 9.03. The number of carbonyl (C=O) groups excluding carboxylic acids is 1. The van der Waals surface area contributed by atoms with Crippen LogP contribution < -0.4 is 5.32 Å². The number of benzene rings is 1. The van der Waals surface area contributed by atoms with E-state index in [0.717, 1.165) is 35.6 Å². The third-order valence-electron chi connectivity index (χ3n) is 3.82. The van der Waals surface area contributed by atoms with E-state index in [2.05, 4.69) is 24.3 Å². The van der Waals surface area contributed by atoms with E-state index < -0.39 is 0 Å². The maximum atomic E-state index is 12.1. The van der Waals surface area contributed by atoms with Crippen molar-refractivity contribution >= 4 is 5.91 Å². The van der Waals surface area contributed by atoms with Gasteiger partial charge in [-0.1, -0.05) is 32.0 Å². The Kier molecular flexibility index (Phi) is 5.36. The molecular formula is C18H25N3O. The summed E-state index contributed by atoms with van der Waals surface area (Å²) in [5.41, 5.74) is 3.99. The van der Waals surface area contributed by atoms with Crippen LogP contribution in [0.5, 0.6) is 0 Å². The summed E-state index contributed by atoms with van der Waals surface area (Å²) in [6.07, 6.45) is 1.40. The van der Waals surface area contributed by atoms with Gasteiger partial charge in [0.05, 0.1) is 17.8 Å². The Morgan fingerprint density at radius 2 is 1.91 bits per heavy atom. The number of amides is 1. The minimum absolute atomic E-state index is 0.0689. The van der Waals surface area contributed by atoms with Crippen molar-refractivity contribution in [3.63, 3.8) is 0 Å². The highest BCUT2D eigenvalue weighted by Gasteiger charge is 2.15. The zero-order valence-electron chi connectivity index (χ0n) is 13.9. The minimum Gasteiger partial charge on any atom is -0.356 e. The monoisotopic (exact) mass is 299 g/mol. The van der Waals surface area contributed by atoms with Gasteiger partial charge in [-0.05, 0) is 38.3 Å². The Bertz CT molecular complexity index is 629. The summed E-state index contributed by atoms with van der Waals surface area (Å²) in [7, 11) is 0. The van der Waals surface area contributed by atoms with Crippen molar-refractivity contribution < 1.29 is 4.79 Å². The largest absolute Gasteiger partial charge is 0.356 e. The average Bonchev–Trinajstić information content (AvgIpc) is 2.76. The van der Waals surface area contributed by atoms with Gasteiger partial charge in [-0.15, -0.1) is 0 Å². The molecule has 0 aliphatic rings. The summed E-state index contributed by atoms with van der Waals surface area (Å²) in [4.78, 5) is 12.1. The maximum Gasteiger partial charge on any atom is 0.224 e. The molecule has 1 N–H and O–H groups in total. The molecule has 0 unspecified atom stereocenters. The molecule has 4 nitrogen and oxygen atoms in total. The fourth-order valence-corrected chi connectivity index (χ4v) is 2.47. The molecule has 0 saturated carbocycles. The number of para-hydroxylation sites is 1. The molecule has 2 aromatic rings. The first-order valence-electron chi connectivity index (χ1n) is 7.86. The Morgan fingerprint density at radius 3 is 2.55 bits per heavy atom. The van der Waals surface area contributed by atoms with Gasteiger partial charge in [0.25, 0.3) is 0 Å². The number of aryl methyl sites for hydroxylation is 1. The number of hydrogen-bond acceptors (Lipinski definition) is 2. The van der Waals surface area contributed by atoms with Crippen LogP contribution in [0.15, 0.2) is 30.3 Å². The van der Waals surface area contributed by atoms with E-state index in [-0.39, 0.29) is 5.91 Å². The first-order valence-corrected chi connectivity index (χ1v) is 7.86. The van der Waals surface area contributed by atoms with Gasteiger partial charge in [0, 0.05) is 17.8 Å². The third kappa shape index (κ3) is 3.97. The standard InChI is InChI=1S/C18H25N3O/c1-13(2)10-11-19-18(22)12-17-14(3)20-21(15(17)4)16-8-6-5-7-9-16/h5-9,13H,10-12H2,1-4H3,(H,19,22). The molecule has 4 heteroatoms. The van der Waals surface area contributed by atoms with Crippen molar-refractivity contribution in [2.75, 3.05) is 6.54 Å². The molecule has 2 rings (SSSR count). The summed E-state index contributed by atoms with van der Waals surface area (Å²) in [5, 5.41) is 7.57. The van der Waals surface area contributed by atoms with Gasteiger partial charge in [0.15, 0.2) is 0 Å². The van der Waals surface area contributed by atoms with Gasteiger partial charge in [-0.3, -0.25) is 4.79 Å². The molecule has 0 fully saturated rings. The highest BCUT2D eigenvalue weighted by molar-refractivity contribution is 5.79. The first kappa shape index (κ1) is 16.3. The van der Waals surface area contributed by atoms with Crippen LogP contribution in [0.3, 0.4) is 0 Å². The average molecular weight is 299 g/mol. The van der Waals surface area contributed by atoms with Crippen LogP contribution in [0.25, 0.3) is 5.69 Å². The van der Waals surface area contributed by atoms with Gasteiger partial charge in [-0.2, -0.15) is 5.10 Å². The molecule has 0 aliphatic carbocycles. The molecule has 118 valence electrons.